The maximum atomic E-state index is 11.1. The van der Waals surface area contributed by atoms with E-state index in [1.165, 1.54) is 12.1 Å². The molecule has 2 atom stereocenters. The van der Waals surface area contributed by atoms with Gasteiger partial charge in [-0.15, -0.1) is 0 Å². The summed E-state index contributed by atoms with van der Waals surface area (Å²) in [5.41, 5.74) is 0.0326. The Bertz CT molecular complexity index is 465. The topological polar surface area (TPSA) is 85.2 Å². The van der Waals surface area contributed by atoms with Gasteiger partial charge in [0.25, 0.3) is 0 Å². The van der Waals surface area contributed by atoms with Crippen molar-refractivity contribution in [3.63, 3.8) is 0 Å². The van der Waals surface area contributed by atoms with Gasteiger partial charge in [-0.2, -0.15) is 0 Å². The number of carbonyl (C=O) groups is 1. The summed E-state index contributed by atoms with van der Waals surface area (Å²) in [7, 11) is 1.57. The van der Waals surface area contributed by atoms with E-state index in [0.29, 0.717) is 11.1 Å². The Balaban J connectivity index is 2.49. The second-order valence-electron chi connectivity index (χ2n) is 4.51. The molecule has 0 aromatic heterocycles. The molecular weight excluding hydrogens is 344 g/mol. The third-order valence-corrected chi connectivity index (χ3v) is 3.07. The Morgan fingerprint density at radius 3 is 2.67 bits per heavy atom. The lowest BCUT2D eigenvalue weighted by atomic mass is 10.2. The zero-order valence-corrected chi connectivity index (χ0v) is 13.5. The summed E-state index contributed by atoms with van der Waals surface area (Å²) in [4.78, 5) is 11.1. The number of hydrogen-bond acceptors (Lipinski definition) is 5. The van der Waals surface area contributed by atoms with Crippen molar-refractivity contribution >= 4 is 21.9 Å². The molecule has 7 heteroatoms. The fourth-order valence-corrected chi connectivity index (χ4v) is 1.95. The van der Waals surface area contributed by atoms with Crippen molar-refractivity contribution in [1.29, 1.82) is 0 Å². The number of carboxylic acids is 1. The van der Waals surface area contributed by atoms with E-state index < -0.39 is 12.1 Å². The van der Waals surface area contributed by atoms with Crippen LogP contribution >= 0.6 is 15.9 Å². The van der Waals surface area contributed by atoms with Crippen molar-refractivity contribution in [2.75, 3.05) is 26.9 Å². The molecular formula is C14H19BrO6. The third kappa shape index (κ3) is 6.43. The molecule has 0 saturated carbocycles. The van der Waals surface area contributed by atoms with E-state index in [4.69, 9.17) is 19.3 Å². The van der Waals surface area contributed by atoms with Gasteiger partial charge < -0.3 is 24.4 Å². The van der Waals surface area contributed by atoms with Crippen LogP contribution in [0.15, 0.2) is 22.7 Å². The third-order valence-electron chi connectivity index (χ3n) is 2.58. The summed E-state index contributed by atoms with van der Waals surface area (Å²) < 4.78 is 16.2. The summed E-state index contributed by atoms with van der Waals surface area (Å²) >= 11 is 3.20. The molecule has 0 aliphatic carbocycles. The molecule has 0 aliphatic heterocycles. The maximum absolute atomic E-state index is 11.1. The number of hydrogen-bond donors (Lipinski definition) is 2. The normalized spacial score (nSPS) is 13.7. The van der Waals surface area contributed by atoms with Gasteiger partial charge in [-0.1, -0.05) is 15.9 Å². The molecule has 6 nitrogen and oxygen atoms in total. The fourth-order valence-electron chi connectivity index (χ4n) is 1.59. The van der Waals surface area contributed by atoms with Crippen LogP contribution < -0.4 is 4.74 Å². The van der Waals surface area contributed by atoms with Crippen molar-refractivity contribution in [2.45, 2.75) is 19.1 Å². The van der Waals surface area contributed by atoms with Gasteiger partial charge >= 0.3 is 5.97 Å². The highest BCUT2D eigenvalue weighted by Crippen LogP contribution is 2.23. The molecule has 0 amide bonds. The lowest BCUT2D eigenvalue weighted by Crippen LogP contribution is -2.27. The van der Waals surface area contributed by atoms with E-state index in [9.17, 15) is 9.90 Å². The first-order valence-electron chi connectivity index (χ1n) is 6.38. The first-order chi connectivity index (χ1) is 9.93. The standard InChI is InChI=1S/C14H19BrO6/c1-9(6-19-2)20-7-11(16)8-21-13-4-3-10(15)5-12(13)14(17)18/h3-5,9,11,16H,6-8H2,1-2H3,(H,17,18). The predicted octanol–water partition coefficient (Wildman–Crippen LogP) is 1.94. The Morgan fingerprint density at radius 1 is 1.33 bits per heavy atom. The summed E-state index contributed by atoms with van der Waals surface area (Å²) in [6.45, 7) is 2.29. The first kappa shape index (κ1) is 17.9. The van der Waals surface area contributed by atoms with E-state index in [-0.39, 0.29) is 30.6 Å². The van der Waals surface area contributed by atoms with Crippen molar-refractivity contribution in [2.24, 2.45) is 0 Å². The van der Waals surface area contributed by atoms with E-state index in [2.05, 4.69) is 15.9 Å². The largest absolute Gasteiger partial charge is 0.490 e. The van der Waals surface area contributed by atoms with Crippen LogP contribution in [0.5, 0.6) is 5.75 Å². The average Bonchev–Trinajstić information content (AvgIpc) is 2.44. The summed E-state index contributed by atoms with van der Waals surface area (Å²) in [5.74, 6) is -0.888. The Morgan fingerprint density at radius 2 is 2.05 bits per heavy atom. The van der Waals surface area contributed by atoms with Gasteiger partial charge in [0, 0.05) is 11.6 Å². The van der Waals surface area contributed by atoms with Gasteiger partial charge in [0.1, 0.15) is 24.0 Å². The predicted molar refractivity (Wildman–Crippen MR) is 79.9 cm³/mol. The first-order valence-corrected chi connectivity index (χ1v) is 7.17. The molecule has 0 radical (unpaired) electrons. The van der Waals surface area contributed by atoms with E-state index in [0.717, 1.165) is 0 Å². The lowest BCUT2D eigenvalue weighted by Gasteiger charge is -2.17. The molecule has 0 aliphatic rings. The average molecular weight is 363 g/mol. The smallest absolute Gasteiger partial charge is 0.339 e. The zero-order valence-electron chi connectivity index (χ0n) is 11.9. The Kier molecular flexibility index (Phi) is 7.66. The number of aliphatic hydroxyl groups is 1. The molecule has 0 fully saturated rings. The number of benzene rings is 1. The number of aromatic carboxylic acids is 1. The van der Waals surface area contributed by atoms with Crippen LogP contribution in [0.25, 0.3) is 0 Å². The zero-order chi connectivity index (χ0) is 15.8. The number of methoxy groups -OCH3 is 1. The summed E-state index contributed by atoms with van der Waals surface area (Å²) in [6, 6.07) is 4.65. The van der Waals surface area contributed by atoms with Crippen molar-refractivity contribution in [3.8, 4) is 5.75 Å². The molecule has 2 unspecified atom stereocenters. The van der Waals surface area contributed by atoms with Crippen LogP contribution in [0.3, 0.4) is 0 Å². The highest BCUT2D eigenvalue weighted by molar-refractivity contribution is 9.10. The fraction of sp³-hybridized carbons (Fsp3) is 0.500. The van der Waals surface area contributed by atoms with Crippen molar-refractivity contribution in [3.05, 3.63) is 28.2 Å². The second kappa shape index (κ2) is 8.99. The Labute approximate surface area is 131 Å². The van der Waals surface area contributed by atoms with Crippen molar-refractivity contribution < 1.29 is 29.2 Å². The highest BCUT2D eigenvalue weighted by Gasteiger charge is 2.14. The molecule has 0 saturated heterocycles. The molecule has 1 aromatic rings. The number of aliphatic hydroxyl groups excluding tert-OH is 1. The minimum Gasteiger partial charge on any atom is -0.490 e. The van der Waals surface area contributed by atoms with Crippen LogP contribution in [0.2, 0.25) is 0 Å². The van der Waals surface area contributed by atoms with E-state index in [1.807, 2.05) is 6.92 Å². The van der Waals surface area contributed by atoms with E-state index >= 15 is 0 Å². The van der Waals surface area contributed by atoms with Gasteiger partial charge in [0.15, 0.2) is 0 Å². The van der Waals surface area contributed by atoms with Crippen LogP contribution in [-0.4, -0.2) is 55.3 Å². The van der Waals surface area contributed by atoms with Crippen LogP contribution in [0.4, 0.5) is 0 Å². The van der Waals surface area contributed by atoms with Gasteiger partial charge in [-0.05, 0) is 25.1 Å². The van der Waals surface area contributed by atoms with Crippen LogP contribution in [-0.2, 0) is 9.47 Å². The number of halogens is 1. The monoisotopic (exact) mass is 362 g/mol. The van der Waals surface area contributed by atoms with Gasteiger partial charge in [-0.3, -0.25) is 0 Å². The minimum atomic E-state index is -1.09. The number of rotatable bonds is 9. The van der Waals surface area contributed by atoms with Gasteiger partial charge in [-0.25, -0.2) is 4.79 Å². The summed E-state index contributed by atoms with van der Waals surface area (Å²) in [6.07, 6.45) is -0.985. The summed E-state index contributed by atoms with van der Waals surface area (Å²) in [5, 5.41) is 18.9. The molecule has 1 aromatic carbocycles. The molecule has 0 bridgehead atoms. The van der Waals surface area contributed by atoms with Crippen LogP contribution in [0, 0.1) is 0 Å². The highest BCUT2D eigenvalue weighted by atomic mass is 79.9. The van der Waals surface area contributed by atoms with Crippen LogP contribution in [0.1, 0.15) is 17.3 Å². The number of ether oxygens (including phenoxy) is 3. The molecule has 21 heavy (non-hydrogen) atoms. The molecule has 1 rings (SSSR count). The minimum absolute atomic E-state index is 0.0326. The second-order valence-corrected chi connectivity index (χ2v) is 5.43. The molecule has 2 N–H and O–H groups in total. The molecule has 0 spiro atoms. The Hall–Kier alpha value is -1.15. The lowest BCUT2D eigenvalue weighted by molar-refractivity contribution is -0.0423. The maximum Gasteiger partial charge on any atom is 0.339 e. The number of carboxylic acid groups (broad SMARTS) is 1. The van der Waals surface area contributed by atoms with Gasteiger partial charge in [0.05, 0.1) is 19.3 Å². The molecule has 118 valence electrons. The SMILES string of the molecule is COCC(C)OCC(O)COc1ccc(Br)cc1C(=O)O. The quantitative estimate of drug-likeness (QED) is 0.698. The van der Waals surface area contributed by atoms with E-state index in [1.54, 1.807) is 13.2 Å². The molecule has 0 heterocycles. The van der Waals surface area contributed by atoms with Crippen molar-refractivity contribution in [1.82, 2.24) is 0 Å². The van der Waals surface area contributed by atoms with Gasteiger partial charge in [0.2, 0.25) is 0 Å².